The standard InChI is InChI=1S/C37H52N6O8S/c1-23(2)43-28-17-13-12-15-26(28)38-33(43)50-25-20-29-30(44)40-37(32(46)41-52(48,49)36(6)18-19-36)21-24(37)14-10-8-7-9-11-16-27(31(45)42(29)22-25)39-34(47)51-35(3,4)5/h10,12-15,17,23-25,27,29H,7-9,11,16,18-22H2,1-6H3,(H,39,47)(H,40,44)(H,41,46)/b14-10-/t24-,25+,27-,29-,37+/m0/s1. The van der Waals surface area contributed by atoms with Gasteiger partial charge >= 0.3 is 6.09 Å². The molecular weight excluding hydrogens is 689 g/mol. The van der Waals surface area contributed by atoms with E-state index in [1.54, 1.807) is 27.7 Å². The van der Waals surface area contributed by atoms with E-state index < -0.39 is 73.8 Å². The number of imidazole rings is 1. The van der Waals surface area contributed by atoms with Gasteiger partial charge in [-0.05, 0) is 92.2 Å². The lowest BCUT2D eigenvalue weighted by Crippen LogP contribution is -2.58. The van der Waals surface area contributed by atoms with Crippen LogP contribution in [-0.2, 0) is 29.1 Å². The molecule has 52 heavy (non-hydrogen) atoms. The number of nitrogens with zero attached hydrogens (tertiary/aromatic N) is 3. The zero-order valence-electron chi connectivity index (χ0n) is 30.9. The third-order valence-corrected chi connectivity index (χ3v) is 12.7. The van der Waals surface area contributed by atoms with Gasteiger partial charge in [0.05, 0.1) is 22.3 Å². The minimum atomic E-state index is -3.97. The maximum atomic E-state index is 14.5. The Bertz CT molecular complexity index is 1860. The van der Waals surface area contributed by atoms with Crippen LogP contribution in [0.25, 0.3) is 11.0 Å². The molecule has 284 valence electrons. The number of fused-ring (bicyclic) bond motifs is 3. The average molecular weight is 741 g/mol. The molecule has 3 N–H and O–H groups in total. The molecule has 1 aromatic carbocycles. The quantitative estimate of drug-likeness (QED) is 0.350. The van der Waals surface area contributed by atoms with Crippen molar-refractivity contribution in [2.75, 3.05) is 6.54 Å². The highest BCUT2D eigenvalue weighted by Gasteiger charge is 2.63. The van der Waals surface area contributed by atoms with Crippen LogP contribution in [0.2, 0.25) is 0 Å². The molecule has 0 spiro atoms. The Kier molecular flexibility index (Phi) is 10.1. The van der Waals surface area contributed by atoms with E-state index in [1.807, 2.05) is 54.8 Å². The van der Waals surface area contributed by atoms with Crippen molar-refractivity contribution in [3.63, 3.8) is 0 Å². The number of carbonyl (C=O) groups excluding carboxylic acids is 4. The van der Waals surface area contributed by atoms with Gasteiger partial charge in [0.15, 0.2) is 0 Å². The number of aromatic nitrogens is 2. The van der Waals surface area contributed by atoms with Crippen LogP contribution in [0, 0.1) is 5.92 Å². The summed E-state index contributed by atoms with van der Waals surface area (Å²) in [6.45, 7) is 10.8. The highest BCUT2D eigenvalue weighted by molar-refractivity contribution is 7.91. The Balaban J connectivity index is 1.32. The summed E-state index contributed by atoms with van der Waals surface area (Å²) in [6, 6.07) is 5.92. The molecule has 0 unspecified atom stereocenters. The van der Waals surface area contributed by atoms with Crippen molar-refractivity contribution in [3.05, 3.63) is 36.4 Å². The third kappa shape index (κ3) is 7.79. The van der Waals surface area contributed by atoms with Crippen LogP contribution in [0.4, 0.5) is 4.79 Å². The van der Waals surface area contributed by atoms with Crippen LogP contribution in [0.15, 0.2) is 36.4 Å². The van der Waals surface area contributed by atoms with Gasteiger partial charge in [0.1, 0.15) is 29.3 Å². The van der Waals surface area contributed by atoms with E-state index in [0.717, 1.165) is 23.9 Å². The van der Waals surface area contributed by atoms with Crippen LogP contribution < -0.4 is 20.1 Å². The summed E-state index contributed by atoms with van der Waals surface area (Å²) >= 11 is 0. The highest BCUT2D eigenvalue weighted by Crippen LogP contribution is 2.47. The Morgan fingerprint density at radius 3 is 2.52 bits per heavy atom. The predicted octanol–water partition coefficient (Wildman–Crippen LogP) is 4.25. The highest BCUT2D eigenvalue weighted by atomic mass is 32.2. The number of carbonyl (C=O) groups is 4. The van der Waals surface area contributed by atoms with Gasteiger partial charge in [-0.15, -0.1) is 0 Å². The van der Waals surface area contributed by atoms with Gasteiger partial charge in [0.2, 0.25) is 21.8 Å². The van der Waals surface area contributed by atoms with E-state index in [9.17, 15) is 27.6 Å². The van der Waals surface area contributed by atoms with Crippen LogP contribution in [-0.4, -0.2) is 87.3 Å². The molecular formula is C37H52N6O8S. The number of benzene rings is 1. The lowest BCUT2D eigenvalue weighted by atomic mass is 10.0. The Morgan fingerprint density at radius 2 is 1.83 bits per heavy atom. The number of ether oxygens (including phenoxy) is 2. The van der Waals surface area contributed by atoms with E-state index >= 15 is 0 Å². The molecule has 0 radical (unpaired) electrons. The summed E-state index contributed by atoms with van der Waals surface area (Å²) < 4.78 is 41.4. The van der Waals surface area contributed by atoms with Gasteiger partial charge in [-0.2, -0.15) is 4.98 Å². The number of rotatable bonds is 7. The molecule has 2 aliphatic heterocycles. The lowest BCUT2D eigenvalue weighted by molar-refractivity contribution is -0.141. The van der Waals surface area contributed by atoms with Gasteiger partial charge in [-0.25, -0.2) is 13.2 Å². The van der Waals surface area contributed by atoms with E-state index in [0.29, 0.717) is 38.1 Å². The normalized spacial score (nSPS) is 28.5. The summed E-state index contributed by atoms with van der Waals surface area (Å²) in [5, 5.41) is 5.65. The first-order valence-corrected chi connectivity index (χ1v) is 19.9. The van der Waals surface area contributed by atoms with Gasteiger partial charge in [0, 0.05) is 18.4 Å². The number of allylic oxidation sites excluding steroid dienone is 1. The van der Waals surface area contributed by atoms with Crippen molar-refractivity contribution in [1.82, 2.24) is 29.8 Å². The molecule has 5 atom stereocenters. The minimum absolute atomic E-state index is 0.00555. The zero-order chi connectivity index (χ0) is 37.6. The van der Waals surface area contributed by atoms with Crippen molar-refractivity contribution >= 4 is 44.9 Å². The van der Waals surface area contributed by atoms with Crippen LogP contribution >= 0.6 is 0 Å². The molecule has 2 aromatic rings. The maximum Gasteiger partial charge on any atom is 0.408 e. The van der Waals surface area contributed by atoms with Gasteiger partial charge in [-0.1, -0.05) is 37.1 Å². The predicted molar refractivity (Wildman–Crippen MR) is 194 cm³/mol. The fraction of sp³-hybridized carbons (Fsp3) is 0.649. The summed E-state index contributed by atoms with van der Waals surface area (Å²) in [4.78, 5) is 61.8. The van der Waals surface area contributed by atoms with Crippen LogP contribution in [0.1, 0.15) is 105 Å². The Morgan fingerprint density at radius 1 is 1.10 bits per heavy atom. The number of alkyl carbamates (subject to hydrolysis) is 1. The average Bonchev–Trinajstić information content (AvgIpc) is 3.87. The smallest absolute Gasteiger partial charge is 0.408 e. The molecule has 4 amide bonds. The van der Waals surface area contributed by atoms with Gasteiger partial charge < -0.3 is 25.0 Å². The summed E-state index contributed by atoms with van der Waals surface area (Å²) in [5.41, 5.74) is -0.674. The number of hydrogen-bond acceptors (Lipinski definition) is 9. The first-order valence-electron chi connectivity index (χ1n) is 18.4. The molecule has 14 nitrogen and oxygen atoms in total. The SMILES string of the molecule is CC(C)n1c(O[C@@H]2C[C@H]3C(=O)N[C@]4(C(=O)NS(=O)(=O)C5(C)CC5)C[C@@H]4/C=C\CCCCC[C@H](NC(=O)OC(C)(C)C)C(=O)N3C2)nc2ccccc21. The molecule has 2 aliphatic carbocycles. The molecule has 6 rings (SSSR count). The summed E-state index contributed by atoms with van der Waals surface area (Å²) in [5.74, 6) is -2.29. The maximum absolute atomic E-state index is 14.5. The topological polar surface area (TPSA) is 178 Å². The number of amides is 4. The summed E-state index contributed by atoms with van der Waals surface area (Å²) in [6.07, 6.45) is 6.84. The molecule has 4 aliphatic rings. The van der Waals surface area contributed by atoms with E-state index in [2.05, 4.69) is 15.4 Å². The van der Waals surface area contributed by atoms with Crippen LogP contribution in [0.5, 0.6) is 6.01 Å². The molecule has 3 fully saturated rings. The van der Waals surface area contributed by atoms with Gasteiger partial charge in [-0.3, -0.25) is 23.7 Å². The Labute approximate surface area is 305 Å². The monoisotopic (exact) mass is 740 g/mol. The second-order valence-corrected chi connectivity index (χ2v) is 18.4. The van der Waals surface area contributed by atoms with E-state index in [-0.39, 0.29) is 25.4 Å². The number of sulfonamides is 1. The molecule has 1 saturated heterocycles. The lowest BCUT2D eigenvalue weighted by Gasteiger charge is -2.30. The van der Waals surface area contributed by atoms with E-state index in [4.69, 9.17) is 14.5 Å². The second-order valence-electron chi connectivity index (χ2n) is 16.2. The third-order valence-electron chi connectivity index (χ3n) is 10.5. The van der Waals surface area contributed by atoms with Crippen LogP contribution in [0.3, 0.4) is 0 Å². The molecule has 3 heterocycles. The molecule has 0 bridgehead atoms. The second kappa shape index (κ2) is 14.0. The van der Waals surface area contributed by atoms with Crippen molar-refractivity contribution in [2.24, 2.45) is 5.92 Å². The largest absolute Gasteiger partial charge is 0.459 e. The fourth-order valence-electron chi connectivity index (χ4n) is 7.15. The number of para-hydroxylation sites is 2. The minimum Gasteiger partial charge on any atom is -0.459 e. The zero-order valence-corrected chi connectivity index (χ0v) is 31.8. The van der Waals surface area contributed by atoms with Crippen molar-refractivity contribution in [1.29, 1.82) is 0 Å². The number of hydrogen-bond donors (Lipinski definition) is 3. The number of nitrogens with one attached hydrogen (secondary N) is 3. The first kappa shape index (κ1) is 37.6. The summed E-state index contributed by atoms with van der Waals surface area (Å²) in [7, 11) is -3.97. The van der Waals surface area contributed by atoms with E-state index in [1.165, 1.54) is 4.90 Å². The Hall–Kier alpha value is -4.14. The fourth-order valence-corrected chi connectivity index (χ4v) is 8.46. The van der Waals surface area contributed by atoms with Crippen molar-refractivity contribution in [3.8, 4) is 6.01 Å². The van der Waals surface area contributed by atoms with Gasteiger partial charge in [0.25, 0.3) is 11.9 Å². The molecule has 1 aromatic heterocycles. The molecule has 15 heteroatoms. The first-order chi connectivity index (χ1) is 24.4. The molecule has 2 saturated carbocycles. The van der Waals surface area contributed by atoms with Crippen molar-refractivity contribution in [2.45, 2.75) is 139 Å². The van der Waals surface area contributed by atoms with Crippen molar-refractivity contribution < 1.29 is 37.1 Å².